The number of thioether (sulfide) groups is 1. The van der Waals surface area contributed by atoms with Crippen molar-refractivity contribution in [3.63, 3.8) is 0 Å². The van der Waals surface area contributed by atoms with E-state index in [-0.39, 0.29) is 23.1 Å². The summed E-state index contributed by atoms with van der Waals surface area (Å²) in [7, 11) is -3.61. The maximum absolute atomic E-state index is 12.5. The highest BCUT2D eigenvalue weighted by molar-refractivity contribution is 7.99. The number of rotatable bonds is 9. The van der Waals surface area contributed by atoms with E-state index in [9.17, 15) is 13.2 Å². The lowest BCUT2D eigenvalue weighted by Gasteiger charge is -2.07. The molecule has 0 fully saturated rings. The Bertz CT molecular complexity index is 1380. The average Bonchev–Trinajstić information content (AvgIpc) is 3.38. The highest BCUT2D eigenvalue weighted by atomic mass is 32.2. The number of amides is 1. The van der Waals surface area contributed by atoms with Crippen molar-refractivity contribution < 1.29 is 13.2 Å². The number of nitrogens with zero attached hydrogens (tertiary/aromatic N) is 5. The van der Waals surface area contributed by atoms with Crippen LogP contribution in [0.5, 0.6) is 0 Å². The third kappa shape index (κ3) is 5.93. The Labute approximate surface area is 198 Å². The van der Waals surface area contributed by atoms with Crippen molar-refractivity contribution in [2.45, 2.75) is 30.2 Å². The second kappa shape index (κ2) is 9.95. The molecule has 2 N–H and O–H groups in total. The number of carbonyl (C=O) groups excluding carboxylic acids is 1. The van der Waals surface area contributed by atoms with Crippen LogP contribution in [0.1, 0.15) is 17.1 Å². The van der Waals surface area contributed by atoms with Crippen molar-refractivity contribution in [2.24, 2.45) is 0 Å². The van der Waals surface area contributed by atoms with E-state index in [2.05, 4.69) is 30.3 Å². The summed E-state index contributed by atoms with van der Waals surface area (Å²) >= 11 is 2.65. The Hall–Kier alpha value is -2.87. The van der Waals surface area contributed by atoms with Crippen molar-refractivity contribution in [3.05, 3.63) is 58.9 Å². The summed E-state index contributed by atoms with van der Waals surface area (Å²) in [4.78, 5) is 16.6. The fourth-order valence-corrected chi connectivity index (χ4v) is 5.24. The standard InChI is InChI=1S/C20H21N7O3S3/c1-13-3-5-15(6-4-13)33(29,30)21-10-9-17-25-24-16-7-8-19(26-27(16)17)31-12-18(28)23-20-22-14(2)11-32-20/h3-8,11,21H,9-10,12H2,1-2H3,(H,22,23,28). The second-order valence-electron chi connectivity index (χ2n) is 7.15. The number of nitrogens with one attached hydrogen (secondary N) is 2. The highest BCUT2D eigenvalue weighted by Gasteiger charge is 2.15. The first-order valence-electron chi connectivity index (χ1n) is 9.92. The van der Waals surface area contributed by atoms with Crippen molar-refractivity contribution in [1.29, 1.82) is 0 Å². The molecule has 0 atom stereocenters. The molecule has 172 valence electrons. The minimum absolute atomic E-state index is 0.145. The van der Waals surface area contributed by atoms with Crippen molar-refractivity contribution in [1.82, 2.24) is 29.5 Å². The lowest BCUT2D eigenvalue weighted by Crippen LogP contribution is -2.26. The van der Waals surface area contributed by atoms with Crippen LogP contribution in [0.25, 0.3) is 5.65 Å². The van der Waals surface area contributed by atoms with Crippen LogP contribution in [0.2, 0.25) is 0 Å². The van der Waals surface area contributed by atoms with Crippen LogP contribution in [0, 0.1) is 13.8 Å². The summed E-state index contributed by atoms with van der Waals surface area (Å²) in [5.41, 5.74) is 2.38. The van der Waals surface area contributed by atoms with Crippen LogP contribution >= 0.6 is 23.1 Å². The Balaban J connectivity index is 1.36. The van der Waals surface area contributed by atoms with Gasteiger partial charge in [-0.15, -0.1) is 21.5 Å². The number of sulfonamides is 1. The molecule has 0 radical (unpaired) electrons. The van der Waals surface area contributed by atoms with E-state index in [1.165, 1.54) is 23.1 Å². The van der Waals surface area contributed by atoms with Gasteiger partial charge in [-0.25, -0.2) is 18.1 Å². The number of aromatic nitrogens is 5. The normalized spacial score (nSPS) is 11.7. The van der Waals surface area contributed by atoms with E-state index < -0.39 is 10.0 Å². The van der Waals surface area contributed by atoms with Crippen LogP contribution in [0.4, 0.5) is 5.13 Å². The van der Waals surface area contributed by atoms with Gasteiger partial charge in [-0.3, -0.25) is 4.79 Å². The number of thiazole rings is 1. The van der Waals surface area contributed by atoms with E-state index in [0.717, 1.165) is 11.3 Å². The largest absolute Gasteiger partial charge is 0.301 e. The topological polar surface area (TPSA) is 131 Å². The molecule has 0 aliphatic carbocycles. The van der Waals surface area contributed by atoms with E-state index in [1.54, 1.807) is 40.9 Å². The van der Waals surface area contributed by atoms with Crippen molar-refractivity contribution in [2.75, 3.05) is 17.6 Å². The summed E-state index contributed by atoms with van der Waals surface area (Å²) in [6.07, 6.45) is 0.303. The molecular formula is C20H21N7O3S3. The second-order valence-corrected chi connectivity index (χ2v) is 10.8. The third-order valence-corrected chi connectivity index (χ3v) is 7.76. The van der Waals surface area contributed by atoms with Crippen molar-refractivity contribution >= 4 is 49.8 Å². The lowest BCUT2D eigenvalue weighted by molar-refractivity contribution is -0.113. The predicted octanol–water partition coefficient (Wildman–Crippen LogP) is 2.45. The average molecular weight is 504 g/mol. The Morgan fingerprint density at radius 2 is 1.91 bits per heavy atom. The number of fused-ring (bicyclic) bond motifs is 1. The first-order chi connectivity index (χ1) is 15.8. The lowest BCUT2D eigenvalue weighted by atomic mass is 10.2. The van der Waals surface area contributed by atoms with Crippen LogP contribution in [0.15, 0.2) is 51.7 Å². The molecule has 0 bridgehead atoms. The number of hydrogen-bond donors (Lipinski definition) is 2. The first kappa shape index (κ1) is 23.3. The quantitative estimate of drug-likeness (QED) is 0.333. The SMILES string of the molecule is Cc1ccc(S(=O)(=O)NCCc2nnc3ccc(SCC(=O)Nc4nc(C)cs4)nn23)cc1. The maximum atomic E-state index is 12.5. The van der Waals surface area contributed by atoms with E-state index in [1.807, 2.05) is 19.2 Å². The van der Waals surface area contributed by atoms with Gasteiger partial charge in [0.1, 0.15) is 5.03 Å². The maximum Gasteiger partial charge on any atom is 0.240 e. The summed E-state index contributed by atoms with van der Waals surface area (Å²) in [5, 5.41) is 18.5. The van der Waals surface area contributed by atoms with Gasteiger partial charge in [0.05, 0.1) is 16.3 Å². The van der Waals surface area contributed by atoms with Gasteiger partial charge in [0.25, 0.3) is 0 Å². The van der Waals surface area contributed by atoms with Gasteiger partial charge < -0.3 is 5.32 Å². The zero-order valence-electron chi connectivity index (χ0n) is 17.8. The van der Waals surface area contributed by atoms with Crippen LogP contribution < -0.4 is 10.0 Å². The Morgan fingerprint density at radius 1 is 1.12 bits per heavy atom. The zero-order valence-corrected chi connectivity index (χ0v) is 20.3. The summed E-state index contributed by atoms with van der Waals surface area (Å²) in [6.45, 7) is 3.91. The molecule has 10 nitrogen and oxygen atoms in total. The van der Waals surface area contributed by atoms with Gasteiger partial charge in [0.15, 0.2) is 16.6 Å². The number of hydrogen-bond acceptors (Lipinski definition) is 9. The first-order valence-corrected chi connectivity index (χ1v) is 13.3. The minimum atomic E-state index is -3.61. The predicted molar refractivity (Wildman–Crippen MR) is 127 cm³/mol. The molecule has 4 aromatic rings. The number of aryl methyl sites for hydroxylation is 2. The van der Waals surface area contributed by atoms with Crippen LogP contribution in [-0.4, -0.2) is 51.4 Å². The van der Waals surface area contributed by atoms with E-state index in [0.29, 0.717) is 28.0 Å². The van der Waals surface area contributed by atoms with Crippen LogP contribution in [0.3, 0.4) is 0 Å². The van der Waals surface area contributed by atoms with Gasteiger partial charge in [-0.1, -0.05) is 29.5 Å². The molecule has 0 spiro atoms. The fraction of sp³-hybridized carbons (Fsp3) is 0.250. The van der Waals surface area contributed by atoms with E-state index in [4.69, 9.17) is 0 Å². The Morgan fingerprint density at radius 3 is 2.64 bits per heavy atom. The third-order valence-electron chi connectivity index (χ3n) is 4.49. The molecule has 3 heterocycles. The Kier molecular flexibility index (Phi) is 7.02. The molecule has 0 aliphatic rings. The van der Waals surface area contributed by atoms with Gasteiger partial charge in [-0.2, -0.15) is 9.61 Å². The molecule has 0 saturated carbocycles. The smallest absolute Gasteiger partial charge is 0.240 e. The zero-order chi connectivity index (χ0) is 23.4. The summed E-state index contributed by atoms with van der Waals surface area (Å²) in [5.74, 6) is 0.512. The number of benzene rings is 1. The van der Waals surface area contributed by atoms with Gasteiger partial charge in [0.2, 0.25) is 15.9 Å². The van der Waals surface area contributed by atoms with Gasteiger partial charge in [-0.05, 0) is 38.1 Å². The summed E-state index contributed by atoms with van der Waals surface area (Å²) in [6, 6.07) is 10.2. The highest BCUT2D eigenvalue weighted by Crippen LogP contribution is 2.18. The molecule has 33 heavy (non-hydrogen) atoms. The number of anilines is 1. The fourth-order valence-electron chi connectivity index (χ4n) is 2.85. The molecule has 4 rings (SSSR count). The van der Waals surface area contributed by atoms with E-state index >= 15 is 0 Å². The molecule has 0 aliphatic heterocycles. The molecular weight excluding hydrogens is 482 g/mol. The minimum Gasteiger partial charge on any atom is -0.301 e. The summed E-state index contributed by atoms with van der Waals surface area (Å²) < 4.78 is 29.1. The monoisotopic (exact) mass is 503 g/mol. The molecule has 1 aromatic carbocycles. The molecule has 1 amide bonds. The molecule has 0 saturated heterocycles. The molecule has 0 unspecified atom stereocenters. The van der Waals surface area contributed by atoms with Gasteiger partial charge >= 0.3 is 0 Å². The number of carbonyl (C=O) groups is 1. The van der Waals surface area contributed by atoms with Crippen molar-refractivity contribution in [3.8, 4) is 0 Å². The van der Waals surface area contributed by atoms with Gasteiger partial charge in [0, 0.05) is 18.3 Å². The molecule has 13 heteroatoms. The molecule has 3 aromatic heterocycles. The van der Waals surface area contributed by atoms with Crippen LogP contribution in [-0.2, 0) is 21.2 Å².